The molecule has 10 heteroatoms. The number of nitrogens with zero attached hydrogens (tertiary/aromatic N) is 3. The summed E-state index contributed by atoms with van der Waals surface area (Å²) in [6.07, 6.45) is -4.78. The minimum absolute atomic E-state index is 0.201. The molecule has 0 radical (unpaired) electrons. The lowest BCUT2D eigenvalue weighted by atomic mass is 10.2. The van der Waals surface area contributed by atoms with Gasteiger partial charge in [0.25, 0.3) is 11.3 Å². The van der Waals surface area contributed by atoms with E-state index in [0.717, 1.165) is 0 Å². The molecular weight excluding hydrogens is 257 g/mol. The van der Waals surface area contributed by atoms with Crippen LogP contribution in [0.15, 0.2) is 4.79 Å². The van der Waals surface area contributed by atoms with Crippen molar-refractivity contribution in [2.45, 2.75) is 13.1 Å². The summed E-state index contributed by atoms with van der Waals surface area (Å²) >= 11 is 0. The lowest BCUT2D eigenvalue weighted by molar-refractivity contribution is -0.144. The second-order valence-electron chi connectivity index (χ2n) is 3.39. The summed E-state index contributed by atoms with van der Waals surface area (Å²) in [4.78, 5) is 29.0. The Balaban J connectivity index is 2.84. The zero-order valence-corrected chi connectivity index (χ0v) is 8.74. The van der Waals surface area contributed by atoms with Crippen molar-refractivity contribution in [3.8, 4) is 0 Å². The van der Waals surface area contributed by atoms with E-state index in [0.29, 0.717) is 4.52 Å². The molecule has 2 N–H and O–H groups in total. The number of aryl methyl sites for hydroxylation is 1. The SMILES string of the molecule is Cc1nc2nc(C(F)(F)F)[nH]n2c(=O)c1C(=O)O. The van der Waals surface area contributed by atoms with E-state index in [1.54, 1.807) is 5.10 Å². The maximum Gasteiger partial charge on any atom is 0.451 e. The number of carboxylic acid groups (broad SMARTS) is 1. The molecule has 2 aromatic rings. The van der Waals surface area contributed by atoms with Crippen molar-refractivity contribution in [2.24, 2.45) is 0 Å². The number of carboxylic acids is 1. The molecule has 0 bridgehead atoms. The first kappa shape index (κ1) is 12.1. The summed E-state index contributed by atoms with van der Waals surface area (Å²) in [6, 6.07) is 0. The van der Waals surface area contributed by atoms with Crippen LogP contribution in [0.2, 0.25) is 0 Å². The van der Waals surface area contributed by atoms with Crippen molar-refractivity contribution in [2.75, 3.05) is 0 Å². The first-order chi connectivity index (χ1) is 8.21. The van der Waals surface area contributed by atoms with Crippen molar-refractivity contribution in [1.29, 1.82) is 0 Å². The number of H-pyrrole nitrogens is 1. The number of rotatable bonds is 1. The third kappa shape index (κ3) is 1.71. The predicted molar refractivity (Wildman–Crippen MR) is 50.3 cm³/mol. The zero-order chi connectivity index (χ0) is 13.7. The third-order valence-corrected chi connectivity index (χ3v) is 2.16. The van der Waals surface area contributed by atoms with E-state index in [1.165, 1.54) is 6.92 Å². The predicted octanol–water partition coefficient (Wildman–Crippen LogP) is 0.443. The van der Waals surface area contributed by atoms with E-state index in [1.807, 2.05) is 0 Å². The summed E-state index contributed by atoms with van der Waals surface area (Å²) in [5.41, 5.74) is -2.05. The number of hydrogen-bond donors (Lipinski definition) is 2. The molecule has 0 amide bonds. The van der Waals surface area contributed by atoms with Crippen LogP contribution in [-0.4, -0.2) is 30.7 Å². The van der Waals surface area contributed by atoms with E-state index in [4.69, 9.17) is 5.11 Å². The number of aromatic carboxylic acids is 1. The zero-order valence-electron chi connectivity index (χ0n) is 8.74. The van der Waals surface area contributed by atoms with Crippen LogP contribution in [-0.2, 0) is 6.18 Å². The largest absolute Gasteiger partial charge is 0.477 e. The highest BCUT2D eigenvalue weighted by Gasteiger charge is 2.36. The smallest absolute Gasteiger partial charge is 0.451 e. The number of aromatic nitrogens is 4. The normalized spacial score (nSPS) is 12.0. The van der Waals surface area contributed by atoms with Gasteiger partial charge in [-0.05, 0) is 6.92 Å². The van der Waals surface area contributed by atoms with E-state index < -0.39 is 34.9 Å². The molecule has 18 heavy (non-hydrogen) atoms. The summed E-state index contributed by atoms with van der Waals surface area (Å²) in [5.74, 6) is -3.52. The van der Waals surface area contributed by atoms with Crippen LogP contribution < -0.4 is 5.56 Å². The summed E-state index contributed by atoms with van der Waals surface area (Å²) < 4.78 is 37.4. The Labute approximate surface area is 95.9 Å². The molecule has 0 aliphatic carbocycles. The molecule has 0 spiro atoms. The van der Waals surface area contributed by atoms with Crippen LogP contribution in [0.5, 0.6) is 0 Å². The monoisotopic (exact) mass is 262 g/mol. The van der Waals surface area contributed by atoms with Gasteiger partial charge < -0.3 is 5.11 Å². The van der Waals surface area contributed by atoms with Crippen molar-refractivity contribution < 1.29 is 23.1 Å². The van der Waals surface area contributed by atoms with Crippen LogP contribution in [0, 0.1) is 6.92 Å². The molecule has 2 rings (SSSR count). The molecule has 0 atom stereocenters. The van der Waals surface area contributed by atoms with Gasteiger partial charge in [-0.3, -0.25) is 9.89 Å². The fourth-order valence-corrected chi connectivity index (χ4v) is 1.39. The molecular formula is C8H5F3N4O3. The standard InChI is InChI=1S/C8H5F3N4O3/c1-2-3(5(17)18)4(16)15-7(12-2)13-6(14-15)8(9,10)11/h1H3,(H,17,18)(H,12,13,14). The minimum atomic E-state index is -4.78. The van der Waals surface area contributed by atoms with E-state index in [-0.39, 0.29) is 5.69 Å². The highest BCUT2D eigenvalue weighted by Crippen LogP contribution is 2.25. The van der Waals surface area contributed by atoms with Crippen molar-refractivity contribution in [3.05, 3.63) is 27.4 Å². The number of carbonyl (C=O) groups is 1. The Kier molecular flexibility index (Phi) is 2.38. The van der Waals surface area contributed by atoms with Crippen LogP contribution in [0.3, 0.4) is 0 Å². The topological polar surface area (TPSA) is 100 Å². The molecule has 7 nitrogen and oxygen atoms in total. The Morgan fingerprint density at radius 2 is 2.00 bits per heavy atom. The van der Waals surface area contributed by atoms with Gasteiger partial charge in [0.15, 0.2) is 0 Å². The lowest BCUT2D eigenvalue weighted by Crippen LogP contribution is -2.25. The first-order valence-corrected chi connectivity index (χ1v) is 4.51. The maximum atomic E-state index is 12.4. The van der Waals surface area contributed by atoms with E-state index in [2.05, 4.69) is 9.97 Å². The summed E-state index contributed by atoms with van der Waals surface area (Å²) in [7, 11) is 0. The summed E-state index contributed by atoms with van der Waals surface area (Å²) in [6.45, 7) is 1.20. The second-order valence-corrected chi connectivity index (χ2v) is 3.39. The molecule has 2 heterocycles. The van der Waals surface area contributed by atoms with Crippen molar-refractivity contribution >= 4 is 11.7 Å². The number of halogens is 3. The first-order valence-electron chi connectivity index (χ1n) is 4.51. The van der Waals surface area contributed by atoms with Gasteiger partial charge in [0.2, 0.25) is 5.82 Å². The third-order valence-electron chi connectivity index (χ3n) is 2.16. The Bertz CT molecular complexity index is 700. The van der Waals surface area contributed by atoms with E-state index >= 15 is 0 Å². The number of aromatic amines is 1. The Morgan fingerprint density at radius 1 is 1.39 bits per heavy atom. The van der Waals surface area contributed by atoms with Gasteiger partial charge in [0.05, 0.1) is 5.69 Å². The Morgan fingerprint density at radius 3 is 2.50 bits per heavy atom. The molecule has 2 aromatic heterocycles. The quantitative estimate of drug-likeness (QED) is 0.776. The van der Waals surface area contributed by atoms with Crippen LogP contribution in [0.4, 0.5) is 13.2 Å². The maximum absolute atomic E-state index is 12.4. The van der Waals surface area contributed by atoms with Gasteiger partial charge in [-0.2, -0.15) is 22.7 Å². The molecule has 0 saturated carbocycles. The van der Waals surface area contributed by atoms with Gasteiger partial charge in [0.1, 0.15) is 5.56 Å². The molecule has 0 fully saturated rings. The van der Waals surface area contributed by atoms with Gasteiger partial charge in [-0.25, -0.2) is 9.78 Å². The lowest BCUT2D eigenvalue weighted by Gasteiger charge is -1.99. The van der Waals surface area contributed by atoms with Crippen LogP contribution >= 0.6 is 0 Å². The molecule has 0 unspecified atom stereocenters. The molecule has 0 aliphatic heterocycles. The highest BCUT2D eigenvalue weighted by atomic mass is 19.4. The fraction of sp³-hybridized carbons (Fsp3) is 0.250. The molecule has 0 aliphatic rings. The average Bonchev–Trinajstić information content (AvgIpc) is 2.60. The van der Waals surface area contributed by atoms with Crippen molar-refractivity contribution in [3.63, 3.8) is 0 Å². The van der Waals surface area contributed by atoms with Gasteiger partial charge >= 0.3 is 12.1 Å². The van der Waals surface area contributed by atoms with Crippen LogP contribution in [0.1, 0.15) is 21.9 Å². The number of alkyl halides is 3. The number of nitrogens with one attached hydrogen (secondary N) is 1. The number of fused-ring (bicyclic) bond motifs is 1. The van der Waals surface area contributed by atoms with E-state index in [9.17, 15) is 22.8 Å². The van der Waals surface area contributed by atoms with Gasteiger partial charge in [-0.15, -0.1) is 0 Å². The number of hydrogen-bond acceptors (Lipinski definition) is 4. The Hall–Kier alpha value is -2.39. The summed E-state index contributed by atoms with van der Waals surface area (Å²) in [5, 5.41) is 10.4. The fourth-order valence-electron chi connectivity index (χ4n) is 1.39. The molecule has 0 saturated heterocycles. The van der Waals surface area contributed by atoms with Crippen LogP contribution in [0.25, 0.3) is 5.78 Å². The molecule has 0 aromatic carbocycles. The second kappa shape index (κ2) is 3.55. The highest BCUT2D eigenvalue weighted by molar-refractivity contribution is 5.88. The van der Waals surface area contributed by atoms with Gasteiger partial charge in [0, 0.05) is 0 Å². The average molecular weight is 262 g/mol. The minimum Gasteiger partial charge on any atom is -0.477 e. The van der Waals surface area contributed by atoms with Gasteiger partial charge in [-0.1, -0.05) is 0 Å². The van der Waals surface area contributed by atoms with Crippen molar-refractivity contribution in [1.82, 2.24) is 19.6 Å². The molecule has 96 valence electrons.